The summed E-state index contributed by atoms with van der Waals surface area (Å²) in [5, 5.41) is 0. The van der Waals surface area contributed by atoms with E-state index in [0.29, 0.717) is 0 Å². The van der Waals surface area contributed by atoms with Crippen LogP contribution in [0.15, 0.2) is 48.5 Å². The van der Waals surface area contributed by atoms with Gasteiger partial charge < -0.3 is 4.74 Å². The van der Waals surface area contributed by atoms with Crippen molar-refractivity contribution in [1.29, 1.82) is 0 Å². The Bertz CT molecular complexity index is 702. The molecule has 0 bridgehead atoms. The average molecular weight is 294 g/mol. The highest BCUT2D eigenvalue weighted by molar-refractivity contribution is 7.87. The number of methoxy groups -OCH3 is 1. The molecule has 0 unspecified atom stereocenters. The summed E-state index contributed by atoms with van der Waals surface area (Å²) in [7, 11) is -3.17. The number of ether oxygens (including phenoxy) is 1. The highest BCUT2D eigenvalue weighted by Gasteiger charge is 2.20. The predicted molar refractivity (Wildman–Crippen MR) is 76.6 cm³/mol. The Morgan fingerprint density at radius 3 is 2.30 bits per heavy atom. The fourth-order valence-corrected chi connectivity index (χ4v) is 2.19. The average Bonchev–Trinajstić information content (AvgIpc) is 2.45. The Morgan fingerprint density at radius 1 is 1.10 bits per heavy atom. The lowest BCUT2D eigenvalue weighted by Gasteiger charge is -2.18. The van der Waals surface area contributed by atoms with Gasteiger partial charge in [-0.1, -0.05) is 36.4 Å². The molecular weight excluding hydrogens is 280 g/mol. The number of rotatable bonds is 4. The van der Waals surface area contributed by atoms with Gasteiger partial charge in [-0.25, -0.2) is 5.84 Å². The van der Waals surface area contributed by atoms with E-state index in [0.717, 1.165) is 11.1 Å². The van der Waals surface area contributed by atoms with Gasteiger partial charge in [0.05, 0.1) is 7.11 Å². The molecule has 2 rings (SSSR count). The molecule has 2 aromatic rings. The summed E-state index contributed by atoms with van der Waals surface area (Å²) in [4.78, 5) is 0. The molecular formula is C13H14N2O4S. The zero-order valence-electron chi connectivity index (χ0n) is 10.7. The second-order valence-electron chi connectivity index (χ2n) is 4.03. The Kier molecular flexibility index (Phi) is 3.93. The highest BCUT2D eigenvalue weighted by Crippen LogP contribution is 2.32. The minimum absolute atomic E-state index is 0.0522. The van der Waals surface area contributed by atoms with Crippen LogP contribution in [-0.2, 0) is 10.3 Å². The van der Waals surface area contributed by atoms with Crippen molar-refractivity contribution in [3.8, 4) is 16.9 Å². The molecule has 0 fully saturated rings. The van der Waals surface area contributed by atoms with Crippen LogP contribution in [0.25, 0.3) is 11.1 Å². The molecule has 0 heterocycles. The van der Waals surface area contributed by atoms with E-state index in [9.17, 15) is 8.42 Å². The van der Waals surface area contributed by atoms with Gasteiger partial charge in [0, 0.05) is 0 Å². The Morgan fingerprint density at radius 2 is 1.75 bits per heavy atom. The third-order valence-electron chi connectivity index (χ3n) is 2.77. The van der Waals surface area contributed by atoms with Crippen LogP contribution < -0.4 is 15.0 Å². The van der Waals surface area contributed by atoms with E-state index in [4.69, 9.17) is 15.1 Å². The second-order valence-corrected chi connectivity index (χ2v) is 5.32. The number of hydrogen-bond acceptors (Lipinski definition) is 4. The third kappa shape index (κ3) is 2.90. The first kappa shape index (κ1) is 14.3. The summed E-state index contributed by atoms with van der Waals surface area (Å²) in [6.45, 7) is 0. The standard InChI is InChI=1S/C13H14N2O4S/c1-19-13-8-7-11(10-5-3-2-4-6-10)9-12(13)15(14)20(16,17)18/h2-9H,14H2,1H3,(H,16,17,18). The van der Waals surface area contributed by atoms with Crippen molar-refractivity contribution in [3.63, 3.8) is 0 Å². The molecule has 106 valence electrons. The lowest BCUT2D eigenvalue weighted by Crippen LogP contribution is -2.37. The fraction of sp³-hybridized carbons (Fsp3) is 0.0769. The van der Waals surface area contributed by atoms with Gasteiger partial charge in [-0.15, -0.1) is 0 Å². The predicted octanol–water partition coefficient (Wildman–Crippen LogP) is 1.85. The zero-order valence-corrected chi connectivity index (χ0v) is 11.5. The summed E-state index contributed by atoms with van der Waals surface area (Å²) in [5.41, 5.74) is 1.69. The van der Waals surface area contributed by atoms with Crippen LogP contribution in [0.1, 0.15) is 0 Å². The zero-order chi connectivity index (χ0) is 14.8. The molecule has 20 heavy (non-hydrogen) atoms. The second kappa shape index (κ2) is 5.49. The van der Waals surface area contributed by atoms with Crippen molar-refractivity contribution < 1.29 is 17.7 Å². The third-order valence-corrected chi connectivity index (χ3v) is 3.47. The number of anilines is 1. The van der Waals surface area contributed by atoms with E-state index < -0.39 is 10.3 Å². The normalized spacial score (nSPS) is 11.2. The van der Waals surface area contributed by atoms with Crippen molar-refractivity contribution in [2.75, 3.05) is 11.5 Å². The van der Waals surface area contributed by atoms with Crippen LogP contribution in [0, 0.1) is 0 Å². The SMILES string of the molecule is COc1ccc(-c2ccccc2)cc1N(N)S(=O)(=O)O. The van der Waals surface area contributed by atoms with Gasteiger partial charge in [0.15, 0.2) is 0 Å². The molecule has 0 amide bonds. The first-order valence-corrected chi connectivity index (χ1v) is 7.09. The van der Waals surface area contributed by atoms with Crippen molar-refractivity contribution in [3.05, 3.63) is 48.5 Å². The molecule has 0 spiro atoms. The first-order chi connectivity index (χ1) is 9.43. The number of hydrogen-bond donors (Lipinski definition) is 2. The molecule has 0 radical (unpaired) electrons. The van der Waals surface area contributed by atoms with Crippen LogP contribution in [0.3, 0.4) is 0 Å². The van der Waals surface area contributed by atoms with Gasteiger partial charge in [0.25, 0.3) is 0 Å². The molecule has 0 aliphatic rings. The van der Waals surface area contributed by atoms with E-state index in [-0.39, 0.29) is 15.9 Å². The van der Waals surface area contributed by atoms with E-state index in [1.807, 2.05) is 30.3 Å². The maximum absolute atomic E-state index is 11.1. The first-order valence-electron chi connectivity index (χ1n) is 5.69. The summed E-state index contributed by atoms with van der Waals surface area (Å²) < 4.78 is 36.7. The molecule has 0 aliphatic heterocycles. The van der Waals surface area contributed by atoms with Crippen molar-refractivity contribution >= 4 is 16.0 Å². The van der Waals surface area contributed by atoms with Crippen LogP contribution in [0.4, 0.5) is 5.69 Å². The van der Waals surface area contributed by atoms with Crippen LogP contribution in [-0.4, -0.2) is 20.1 Å². The molecule has 0 saturated carbocycles. The molecule has 0 aromatic heterocycles. The molecule has 7 heteroatoms. The summed E-state index contributed by atoms with van der Waals surface area (Å²) in [5.74, 6) is 5.65. The molecule has 2 aromatic carbocycles. The largest absolute Gasteiger partial charge is 0.494 e. The topological polar surface area (TPSA) is 92.9 Å². The Labute approximate surface area is 117 Å². The van der Waals surface area contributed by atoms with Gasteiger partial charge >= 0.3 is 10.3 Å². The van der Waals surface area contributed by atoms with E-state index in [1.54, 1.807) is 12.1 Å². The Hall–Kier alpha value is -2.09. The smallest absolute Gasteiger partial charge is 0.373 e. The number of nitrogens with two attached hydrogens (primary N) is 1. The number of hydrazine groups is 1. The molecule has 3 N–H and O–H groups in total. The van der Waals surface area contributed by atoms with Gasteiger partial charge in [0.2, 0.25) is 0 Å². The highest BCUT2D eigenvalue weighted by atomic mass is 32.2. The van der Waals surface area contributed by atoms with Gasteiger partial charge in [-0.05, 0) is 23.3 Å². The van der Waals surface area contributed by atoms with Crippen molar-refractivity contribution in [1.82, 2.24) is 0 Å². The molecule has 0 aliphatic carbocycles. The summed E-state index contributed by atoms with van der Waals surface area (Å²) in [6, 6.07) is 14.2. The van der Waals surface area contributed by atoms with Crippen LogP contribution >= 0.6 is 0 Å². The Balaban J connectivity index is 2.56. The van der Waals surface area contributed by atoms with E-state index >= 15 is 0 Å². The monoisotopic (exact) mass is 294 g/mol. The van der Waals surface area contributed by atoms with Crippen molar-refractivity contribution in [2.45, 2.75) is 0 Å². The van der Waals surface area contributed by atoms with E-state index in [1.165, 1.54) is 13.2 Å². The fourth-order valence-electron chi connectivity index (χ4n) is 1.80. The molecule has 0 saturated heterocycles. The summed E-state index contributed by atoms with van der Waals surface area (Å²) >= 11 is 0. The lowest BCUT2D eigenvalue weighted by molar-refractivity contribution is 0.414. The number of nitrogens with zero attached hydrogens (tertiary/aromatic N) is 1. The van der Waals surface area contributed by atoms with Crippen molar-refractivity contribution in [2.24, 2.45) is 5.84 Å². The molecule has 6 nitrogen and oxygen atoms in total. The van der Waals surface area contributed by atoms with Gasteiger partial charge in [-0.2, -0.15) is 12.8 Å². The number of benzene rings is 2. The molecule has 0 atom stereocenters. The maximum Gasteiger partial charge on any atom is 0.373 e. The van der Waals surface area contributed by atoms with E-state index in [2.05, 4.69) is 0 Å². The summed E-state index contributed by atoms with van der Waals surface area (Å²) in [6.07, 6.45) is 0. The maximum atomic E-state index is 11.1. The minimum Gasteiger partial charge on any atom is -0.494 e. The minimum atomic E-state index is -4.56. The van der Waals surface area contributed by atoms with Crippen LogP contribution in [0.5, 0.6) is 5.75 Å². The van der Waals surface area contributed by atoms with Gasteiger partial charge in [-0.3, -0.25) is 4.55 Å². The lowest BCUT2D eigenvalue weighted by atomic mass is 10.1. The van der Waals surface area contributed by atoms with Gasteiger partial charge in [0.1, 0.15) is 11.4 Å². The quantitative estimate of drug-likeness (QED) is 0.510. The van der Waals surface area contributed by atoms with Crippen LogP contribution in [0.2, 0.25) is 0 Å².